The van der Waals surface area contributed by atoms with Gasteiger partial charge < -0.3 is 9.16 Å². The number of esters is 1. The molecule has 1 aromatic rings. The van der Waals surface area contributed by atoms with Gasteiger partial charge in [0.1, 0.15) is 5.60 Å². The van der Waals surface area contributed by atoms with Crippen molar-refractivity contribution < 1.29 is 14.0 Å². The van der Waals surface area contributed by atoms with Gasteiger partial charge in [0.05, 0.1) is 5.56 Å². The first-order valence-corrected chi connectivity index (χ1v) is 9.62. The molecule has 0 saturated carbocycles. The zero-order valence-corrected chi connectivity index (χ0v) is 13.7. The van der Waals surface area contributed by atoms with Crippen molar-refractivity contribution in [1.29, 1.82) is 0 Å². The van der Waals surface area contributed by atoms with Gasteiger partial charge in [-0.15, -0.1) is 0 Å². The van der Waals surface area contributed by atoms with Crippen molar-refractivity contribution in [3.8, 4) is 0 Å². The van der Waals surface area contributed by atoms with Crippen molar-refractivity contribution in [2.45, 2.75) is 45.5 Å². The van der Waals surface area contributed by atoms with Gasteiger partial charge in [0, 0.05) is 7.11 Å². The second-order valence-electron chi connectivity index (χ2n) is 6.34. The second kappa shape index (κ2) is 5.88. The molecule has 19 heavy (non-hydrogen) atoms. The maximum Gasteiger partial charge on any atom is 0.338 e. The van der Waals surface area contributed by atoms with E-state index >= 15 is 0 Å². The van der Waals surface area contributed by atoms with E-state index < -0.39 is 13.9 Å². The van der Waals surface area contributed by atoms with Crippen LogP contribution in [-0.4, -0.2) is 27.0 Å². The first kappa shape index (κ1) is 15.9. The first-order valence-electron chi connectivity index (χ1n) is 6.50. The average Bonchev–Trinajstić information content (AvgIpc) is 2.27. The standard InChI is InChI=1S/C15H24O3Si/c1-15(2,3)18-14(16)13-9-7-12(8-10-13)11-19(5,6)17-4/h7-10H,11H2,1-6H3. The van der Waals surface area contributed by atoms with Gasteiger partial charge in [0.2, 0.25) is 0 Å². The highest BCUT2D eigenvalue weighted by Crippen LogP contribution is 2.16. The van der Waals surface area contributed by atoms with E-state index in [9.17, 15) is 4.79 Å². The third-order valence-corrected chi connectivity index (χ3v) is 5.14. The fourth-order valence-corrected chi connectivity index (χ4v) is 3.02. The number of benzene rings is 1. The topological polar surface area (TPSA) is 35.5 Å². The first-order chi connectivity index (χ1) is 8.63. The van der Waals surface area contributed by atoms with Crippen molar-refractivity contribution in [3.05, 3.63) is 35.4 Å². The molecule has 0 heterocycles. The summed E-state index contributed by atoms with van der Waals surface area (Å²) in [6.07, 6.45) is 0. The van der Waals surface area contributed by atoms with Crippen LogP contribution in [0, 0.1) is 0 Å². The van der Waals surface area contributed by atoms with Gasteiger partial charge in [-0.05, 0) is 57.6 Å². The van der Waals surface area contributed by atoms with Crippen LogP contribution in [0.3, 0.4) is 0 Å². The van der Waals surface area contributed by atoms with E-state index in [1.54, 1.807) is 7.11 Å². The Morgan fingerprint density at radius 3 is 2.11 bits per heavy atom. The fourth-order valence-electron chi connectivity index (χ4n) is 1.66. The lowest BCUT2D eigenvalue weighted by molar-refractivity contribution is 0.00695. The number of hydrogen-bond donors (Lipinski definition) is 0. The largest absolute Gasteiger partial charge is 0.456 e. The van der Waals surface area contributed by atoms with Gasteiger partial charge in [-0.1, -0.05) is 12.1 Å². The smallest absolute Gasteiger partial charge is 0.338 e. The van der Waals surface area contributed by atoms with Crippen LogP contribution in [0.4, 0.5) is 0 Å². The summed E-state index contributed by atoms with van der Waals surface area (Å²) in [5.74, 6) is -0.276. The Kier molecular flexibility index (Phi) is 4.93. The Morgan fingerprint density at radius 2 is 1.68 bits per heavy atom. The minimum atomic E-state index is -1.62. The van der Waals surface area contributed by atoms with Crippen LogP contribution in [0.15, 0.2) is 24.3 Å². The molecule has 0 aliphatic heterocycles. The minimum Gasteiger partial charge on any atom is -0.456 e. The highest BCUT2D eigenvalue weighted by molar-refractivity contribution is 6.70. The minimum absolute atomic E-state index is 0.276. The molecule has 3 nitrogen and oxygen atoms in total. The van der Waals surface area contributed by atoms with Gasteiger partial charge in [0.25, 0.3) is 0 Å². The monoisotopic (exact) mass is 280 g/mol. The third kappa shape index (κ3) is 5.57. The molecule has 1 aromatic carbocycles. The molecule has 0 spiro atoms. The summed E-state index contributed by atoms with van der Waals surface area (Å²) < 4.78 is 10.9. The maximum absolute atomic E-state index is 11.9. The van der Waals surface area contributed by atoms with Crippen molar-refractivity contribution >= 4 is 14.3 Å². The number of hydrogen-bond acceptors (Lipinski definition) is 3. The molecule has 0 aromatic heterocycles. The van der Waals surface area contributed by atoms with Crippen LogP contribution in [0.5, 0.6) is 0 Å². The Hall–Kier alpha value is -1.13. The van der Waals surface area contributed by atoms with Crippen LogP contribution < -0.4 is 0 Å². The Morgan fingerprint density at radius 1 is 1.16 bits per heavy atom. The molecule has 0 N–H and O–H groups in total. The number of carbonyl (C=O) groups excluding carboxylic acids is 1. The van der Waals surface area contributed by atoms with Gasteiger partial charge in [0.15, 0.2) is 8.32 Å². The predicted octanol–water partition coefficient (Wildman–Crippen LogP) is 3.58. The summed E-state index contributed by atoms with van der Waals surface area (Å²) in [6.45, 7) is 9.95. The molecular formula is C15H24O3Si. The van der Waals surface area contributed by atoms with Crippen molar-refractivity contribution in [1.82, 2.24) is 0 Å². The molecule has 0 fully saturated rings. The van der Waals surface area contributed by atoms with Gasteiger partial charge in [-0.3, -0.25) is 0 Å². The van der Waals surface area contributed by atoms with Crippen LogP contribution in [-0.2, 0) is 15.2 Å². The van der Waals surface area contributed by atoms with Crippen molar-refractivity contribution in [2.75, 3.05) is 7.11 Å². The number of carbonyl (C=O) groups is 1. The summed E-state index contributed by atoms with van der Waals surface area (Å²) in [4.78, 5) is 11.9. The van der Waals surface area contributed by atoms with Crippen LogP contribution in [0.2, 0.25) is 13.1 Å². The lowest BCUT2D eigenvalue weighted by atomic mass is 10.1. The number of rotatable bonds is 4. The summed E-state index contributed by atoms with van der Waals surface area (Å²) in [6, 6.07) is 8.55. The van der Waals surface area contributed by atoms with E-state index in [4.69, 9.17) is 9.16 Å². The van der Waals surface area contributed by atoms with E-state index in [0.717, 1.165) is 6.04 Å². The van der Waals surface area contributed by atoms with Gasteiger partial charge >= 0.3 is 5.97 Å². The van der Waals surface area contributed by atoms with E-state index in [1.807, 2.05) is 45.0 Å². The normalized spacial score (nSPS) is 12.3. The quantitative estimate of drug-likeness (QED) is 0.625. The molecule has 0 unspecified atom stereocenters. The predicted molar refractivity (Wildman–Crippen MR) is 79.8 cm³/mol. The van der Waals surface area contributed by atoms with Crippen molar-refractivity contribution in [3.63, 3.8) is 0 Å². The van der Waals surface area contributed by atoms with E-state index in [1.165, 1.54) is 5.56 Å². The highest BCUT2D eigenvalue weighted by atomic mass is 28.4. The summed E-state index contributed by atoms with van der Waals surface area (Å²) >= 11 is 0. The molecule has 0 amide bonds. The summed E-state index contributed by atoms with van der Waals surface area (Å²) in [5.41, 5.74) is 1.34. The number of ether oxygens (including phenoxy) is 1. The lowest BCUT2D eigenvalue weighted by Gasteiger charge is -2.21. The molecule has 0 radical (unpaired) electrons. The SMILES string of the molecule is CO[Si](C)(C)Cc1ccc(C(=O)OC(C)(C)C)cc1. The van der Waals surface area contributed by atoms with Crippen LogP contribution in [0.1, 0.15) is 36.7 Å². The molecule has 106 valence electrons. The third-order valence-electron chi connectivity index (χ3n) is 2.77. The fraction of sp³-hybridized carbons (Fsp3) is 0.533. The van der Waals surface area contributed by atoms with Crippen LogP contribution >= 0.6 is 0 Å². The maximum atomic E-state index is 11.9. The molecule has 0 atom stereocenters. The summed E-state index contributed by atoms with van der Waals surface area (Å²) in [7, 11) is 0.148. The molecular weight excluding hydrogens is 256 g/mol. The second-order valence-corrected chi connectivity index (χ2v) is 10.6. The Labute approximate surface area is 117 Å². The molecule has 0 aliphatic carbocycles. The molecule has 4 heteroatoms. The molecule has 0 saturated heterocycles. The van der Waals surface area contributed by atoms with Gasteiger partial charge in [-0.2, -0.15) is 0 Å². The van der Waals surface area contributed by atoms with E-state index in [2.05, 4.69) is 13.1 Å². The zero-order valence-electron chi connectivity index (χ0n) is 12.7. The van der Waals surface area contributed by atoms with E-state index in [-0.39, 0.29) is 5.97 Å². The molecule has 0 aliphatic rings. The van der Waals surface area contributed by atoms with Gasteiger partial charge in [-0.25, -0.2) is 4.79 Å². The van der Waals surface area contributed by atoms with Crippen molar-refractivity contribution in [2.24, 2.45) is 0 Å². The van der Waals surface area contributed by atoms with E-state index in [0.29, 0.717) is 5.56 Å². The lowest BCUT2D eigenvalue weighted by Crippen LogP contribution is -2.32. The zero-order chi connectivity index (χ0) is 14.7. The summed E-state index contributed by atoms with van der Waals surface area (Å²) in [5, 5.41) is 0. The Balaban J connectivity index is 2.74. The highest BCUT2D eigenvalue weighted by Gasteiger charge is 2.22. The van der Waals surface area contributed by atoms with Crippen LogP contribution in [0.25, 0.3) is 0 Å². The average molecular weight is 280 g/mol. The Bertz CT molecular complexity index is 430. The molecule has 1 rings (SSSR count). The molecule has 0 bridgehead atoms.